The van der Waals surface area contributed by atoms with E-state index in [0.717, 1.165) is 0 Å². The maximum absolute atomic E-state index is 11.7. The average molecular weight is 285 g/mol. The molecule has 0 saturated carbocycles. The normalized spacial score (nSPS) is 13.9. The summed E-state index contributed by atoms with van der Waals surface area (Å²) >= 11 is 16.6. The van der Waals surface area contributed by atoms with Crippen LogP contribution in [0.5, 0.6) is 0 Å². The molecule has 0 bridgehead atoms. The van der Waals surface area contributed by atoms with Crippen molar-refractivity contribution in [3.63, 3.8) is 0 Å². The zero-order chi connectivity index (χ0) is 12.5. The number of halogens is 3. The van der Waals surface area contributed by atoms with Gasteiger partial charge in [0.25, 0.3) is 3.79 Å². The summed E-state index contributed by atoms with van der Waals surface area (Å²) in [5.41, 5.74) is 0.908. The number of rotatable bonds is 3. The molecule has 1 rings (SSSR count). The lowest BCUT2D eigenvalue weighted by Crippen LogP contribution is -2.21. The molecule has 1 N–H and O–H groups in total. The molecule has 0 aromatic carbocycles. The molecular formula is C10H12Cl3NO2. The predicted molar refractivity (Wildman–Crippen MR) is 65.3 cm³/mol. The fourth-order valence-electron chi connectivity index (χ4n) is 1.38. The van der Waals surface area contributed by atoms with Gasteiger partial charge in [0.05, 0.1) is 11.8 Å². The first kappa shape index (κ1) is 13.8. The van der Waals surface area contributed by atoms with Crippen molar-refractivity contribution in [3.05, 3.63) is 23.5 Å². The molecule has 1 aromatic rings. The highest BCUT2D eigenvalue weighted by Gasteiger charge is 2.33. The van der Waals surface area contributed by atoms with Gasteiger partial charge in [-0.1, -0.05) is 41.7 Å². The summed E-state index contributed by atoms with van der Waals surface area (Å²) in [6.07, 6.45) is 1.60. The van der Waals surface area contributed by atoms with Crippen molar-refractivity contribution in [3.8, 4) is 0 Å². The number of aryl methyl sites for hydroxylation is 1. The summed E-state index contributed by atoms with van der Waals surface area (Å²) in [7, 11) is 1.66. The first-order chi connectivity index (χ1) is 7.27. The number of alkyl halides is 3. The Balaban J connectivity index is 3.08. The van der Waals surface area contributed by atoms with E-state index in [1.165, 1.54) is 0 Å². The highest BCUT2D eigenvalue weighted by molar-refractivity contribution is 6.77. The largest absolute Gasteiger partial charge is 0.388 e. The minimum Gasteiger partial charge on any atom is -0.388 e. The number of hydrogen-bond donors (Lipinski definition) is 1. The zero-order valence-electron chi connectivity index (χ0n) is 8.88. The monoisotopic (exact) mass is 283 g/mol. The van der Waals surface area contributed by atoms with Crippen LogP contribution in [0.4, 0.5) is 0 Å². The van der Waals surface area contributed by atoms with Gasteiger partial charge in [0.15, 0.2) is 0 Å². The Morgan fingerprint density at radius 3 is 2.56 bits per heavy atom. The Morgan fingerprint density at radius 2 is 2.12 bits per heavy atom. The molecule has 1 aromatic heterocycles. The van der Waals surface area contributed by atoms with Crippen LogP contribution in [0.15, 0.2) is 12.3 Å². The summed E-state index contributed by atoms with van der Waals surface area (Å²) in [4.78, 5) is 11.7. The Labute approximate surface area is 109 Å². The summed E-state index contributed by atoms with van der Waals surface area (Å²) in [6.45, 7) is 1.84. The summed E-state index contributed by atoms with van der Waals surface area (Å²) in [6, 6.07) is 1.54. The minimum atomic E-state index is -1.97. The van der Waals surface area contributed by atoms with Gasteiger partial charge in [-0.3, -0.25) is 4.79 Å². The van der Waals surface area contributed by atoms with E-state index in [1.54, 1.807) is 23.9 Å². The van der Waals surface area contributed by atoms with Crippen molar-refractivity contribution in [2.45, 2.75) is 23.2 Å². The van der Waals surface area contributed by atoms with Crippen LogP contribution in [-0.4, -0.2) is 19.2 Å². The molecule has 0 aliphatic rings. The Morgan fingerprint density at radius 1 is 1.56 bits per heavy atom. The number of aromatic nitrogens is 1. The van der Waals surface area contributed by atoms with Gasteiger partial charge in [0.2, 0.25) is 5.78 Å². The quantitative estimate of drug-likeness (QED) is 0.685. The molecule has 1 heterocycles. The van der Waals surface area contributed by atoms with E-state index in [0.29, 0.717) is 12.0 Å². The smallest absolute Gasteiger partial charge is 0.255 e. The van der Waals surface area contributed by atoms with Crippen LogP contribution in [0.1, 0.15) is 35.5 Å². The minimum absolute atomic E-state index is 0.266. The maximum Gasteiger partial charge on any atom is 0.255 e. The lowest BCUT2D eigenvalue weighted by atomic mass is 10.1. The van der Waals surface area contributed by atoms with Crippen LogP contribution in [-0.2, 0) is 7.05 Å². The van der Waals surface area contributed by atoms with Crippen molar-refractivity contribution in [2.24, 2.45) is 7.05 Å². The lowest BCUT2D eigenvalue weighted by molar-refractivity contribution is 0.0988. The molecule has 6 heteroatoms. The number of aliphatic hydroxyl groups excluding tert-OH is 1. The van der Waals surface area contributed by atoms with E-state index in [4.69, 9.17) is 34.8 Å². The van der Waals surface area contributed by atoms with Crippen molar-refractivity contribution >= 4 is 40.6 Å². The van der Waals surface area contributed by atoms with Crippen LogP contribution in [0.2, 0.25) is 0 Å². The molecule has 90 valence electrons. The Bertz CT molecular complexity index is 395. The molecule has 0 aliphatic heterocycles. The lowest BCUT2D eigenvalue weighted by Gasteiger charge is -2.09. The maximum atomic E-state index is 11.7. The fourth-order valence-corrected chi connectivity index (χ4v) is 1.67. The van der Waals surface area contributed by atoms with Gasteiger partial charge in [0.1, 0.15) is 0 Å². The van der Waals surface area contributed by atoms with Crippen molar-refractivity contribution in [1.29, 1.82) is 0 Å². The fraction of sp³-hybridized carbons (Fsp3) is 0.500. The summed E-state index contributed by atoms with van der Waals surface area (Å²) in [5.74, 6) is -0.602. The van der Waals surface area contributed by atoms with Gasteiger partial charge < -0.3 is 9.67 Å². The summed E-state index contributed by atoms with van der Waals surface area (Å²) < 4.78 is -0.432. The third-order valence-electron chi connectivity index (χ3n) is 2.29. The number of ketones is 1. The van der Waals surface area contributed by atoms with Gasteiger partial charge in [0, 0.05) is 13.2 Å². The van der Waals surface area contributed by atoms with E-state index >= 15 is 0 Å². The number of carbonyl (C=O) groups excluding carboxylic acids is 1. The molecule has 0 unspecified atom stereocenters. The number of Topliss-reactive ketones (excluding diaryl/α,β-unsaturated/α-hetero) is 1. The van der Waals surface area contributed by atoms with Gasteiger partial charge >= 0.3 is 0 Å². The topological polar surface area (TPSA) is 42.2 Å². The average Bonchev–Trinajstić information content (AvgIpc) is 2.56. The standard InChI is InChI=1S/C10H12Cl3NO2/c1-3-8(15)6-4-7(14(2)5-6)9(16)10(11,12)13/h4-5,8,15H,3H2,1-2H3/t8-/m0/s1. The van der Waals surface area contributed by atoms with E-state index in [1.807, 2.05) is 6.92 Å². The van der Waals surface area contributed by atoms with Crippen molar-refractivity contribution in [1.82, 2.24) is 4.57 Å². The number of carbonyl (C=O) groups is 1. The van der Waals surface area contributed by atoms with Gasteiger partial charge in [-0.25, -0.2) is 0 Å². The number of aliphatic hydroxyl groups is 1. The molecule has 0 saturated heterocycles. The predicted octanol–water partition coefficient (Wildman–Crippen LogP) is 3.02. The van der Waals surface area contributed by atoms with Crippen LogP contribution in [0, 0.1) is 0 Å². The third-order valence-corrected chi connectivity index (χ3v) is 2.80. The van der Waals surface area contributed by atoms with Crippen LogP contribution in [0.25, 0.3) is 0 Å². The Kier molecular flexibility index (Phi) is 4.29. The van der Waals surface area contributed by atoms with E-state index in [-0.39, 0.29) is 5.69 Å². The van der Waals surface area contributed by atoms with Crippen LogP contribution < -0.4 is 0 Å². The molecule has 0 spiro atoms. The molecule has 0 aliphatic carbocycles. The first-order valence-electron chi connectivity index (χ1n) is 4.73. The second-order valence-electron chi connectivity index (χ2n) is 3.52. The number of nitrogens with zero attached hydrogens (tertiary/aromatic N) is 1. The molecule has 0 fully saturated rings. The first-order valence-corrected chi connectivity index (χ1v) is 5.86. The van der Waals surface area contributed by atoms with Crippen LogP contribution >= 0.6 is 34.8 Å². The number of hydrogen-bond acceptors (Lipinski definition) is 2. The van der Waals surface area contributed by atoms with Gasteiger partial charge in [-0.2, -0.15) is 0 Å². The third kappa shape index (κ3) is 2.92. The second kappa shape index (κ2) is 4.96. The second-order valence-corrected chi connectivity index (χ2v) is 5.80. The summed E-state index contributed by atoms with van der Waals surface area (Å²) in [5, 5.41) is 9.63. The molecular weight excluding hydrogens is 272 g/mol. The molecule has 16 heavy (non-hydrogen) atoms. The molecule has 0 amide bonds. The molecule has 0 radical (unpaired) electrons. The molecule has 1 atom stereocenters. The highest BCUT2D eigenvalue weighted by Crippen LogP contribution is 2.31. The van der Waals surface area contributed by atoms with E-state index in [2.05, 4.69) is 0 Å². The highest BCUT2D eigenvalue weighted by atomic mass is 35.6. The van der Waals surface area contributed by atoms with Crippen molar-refractivity contribution < 1.29 is 9.90 Å². The van der Waals surface area contributed by atoms with Gasteiger partial charge in [-0.05, 0) is 18.1 Å². The van der Waals surface area contributed by atoms with Gasteiger partial charge in [-0.15, -0.1) is 0 Å². The van der Waals surface area contributed by atoms with E-state index in [9.17, 15) is 9.90 Å². The molecule has 3 nitrogen and oxygen atoms in total. The van der Waals surface area contributed by atoms with Crippen LogP contribution in [0.3, 0.4) is 0 Å². The SMILES string of the molecule is CC[C@H](O)c1cc(C(=O)C(Cl)(Cl)Cl)n(C)c1. The Hall–Kier alpha value is -0.220. The van der Waals surface area contributed by atoms with E-state index < -0.39 is 15.7 Å². The zero-order valence-corrected chi connectivity index (χ0v) is 11.1. The van der Waals surface area contributed by atoms with Crippen molar-refractivity contribution in [2.75, 3.05) is 0 Å².